The van der Waals surface area contributed by atoms with Gasteiger partial charge in [-0.2, -0.15) is 5.10 Å². The molecule has 0 aliphatic carbocycles. The van der Waals surface area contributed by atoms with Crippen LogP contribution in [0.1, 0.15) is 5.56 Å². The van der Waals surface area contributed by atoms with Gasteiger partial charge >= 0.3 is 0 Å². The van der Waals surface area contributed by atoms with Gasteiger partial charge in [0.05, 0.1) is 0 Å². The van der Waals surface area contributed by atoms with Crippen LogP contribution < -0.4 is 10.3 Å². The van der Waals surface area contributed by atoms with Crippen LogP contribution in [0.5, 0.6) is 5.75 Å². The summed E-state index contributed by atoms with van der Waals surface area (Å²) < 4.78 is 0. The molecule has 2 aromatic carbocycles. The van der Waals surface area contributed by atoms with Crippen molar-refractivity contribution in [3.8, 4) is 5.75 Å². The minimum Gasteiger partial charge on any atom is -0.508 e. The fraction of sp³-hybridized carbons (Fsp3) is 0.0667. The first-order valence-corrected chi connectivity index (χ1v) is 6.69. The van der Waals surface area contributed by atoms with E-state index in [0.29, 0.717) is 0 Å². The second-order valence-electron chi connectivity index (χ2n) is 4.40. The average molecular weight is 283 g/mol. The summed E-state index contributed by atoms with van der Waals surface area (Å²) in [5, 5.41) is 15.4. The molecule has 4 nitrogen and oxygen atoms in total. The number of phenols is 1. The molecule has 2 aromatic rings. The first-order valence-electron chi connectivity index (χ1n) is 6.22. The summed E-state index contributed by atoms with van der Waals surface area (Å²) >= 11 is 5.07. The lowest BCUT2D eigenvalue weighted by Crippen LogP contribution is -2.41. The van der Waals surface area contributed by atoms with E-state index in [2.05, 4.69) is 10.5 Å². The summed E-state index contributed by atoms with van der Waals surface area (Å²) in [6.45, 7) is 0. The highest BCUT2D eigenvalue weighted by Gasteiger charge is 2.28. The van der Waals surface area contributed by atoms with Gasteiger partial charge in [0.25, 0.3) is 0 Å². The van der Waals surface area contributed by atoms with Crippen LogP contribution in [0.2, 0.25) is 0 Å². The third-order valence-corrected chi connectivity index (χ3v) is 3.36. The number of nitrogens with one attached hydrogen (secondary N) is 1. The molecule has 0 spiro atoms. The number of hydrogen-bond donors (Lipinski definition) is 2. The number of anilines is 1. The average Bonchev–Trinajstić information content (AvgIpc) is 2.93. The maximum absolute atomic E-state index is 9.39. The predicted octanol–water partition coefficient (Wildman–Crippen LogP) is 2.49. The Morgan fingerprint density at radius 1 is 1.10 bits per heavy atom. The topological polar surface area (TPSA) is 47.9 Å². The molecule has 1 aliphatic heterocycles. The number of amidine groups is 1. The van der Waals surface area contributed by atoms with Crippen molar-refractivity contribution < 1.29 is 5.11 Å². The van der Waals surface area contributed by atoms with Crippen LogP contribution in [0.25, 0.3) is 0 Å². The lowest BCUT2D eigenvalue weighted by molar-refractivity contribution is 0.475. The summed E-state index contributed by atoms with van der Waals surface area (Å²) in [5.41, 5.74) is 4.93. The van der Waals surface area contributed by atoms with Crippen molar-refractivity contribution in [1.29, 1.82) is 0 Å². The lowest BCUT2D eigenvalue weighted by Gasteiger charge is -2.24. The molecule has 5 heteroatoms. The molecule has 0 aromatic heterocycles. The smallest absolute Gasteiger partial charge is 0.162 e. The second kappa shape index (κ2) is 5.30. The molecule has 0 saturated carbocycles. The maximum atomic E-state index is 9.39. The van der Waals surface area contributed by atoms with Crippen LogP contribution in [-0.4, -0.2) is 22.5 Å². The summed E-state index contributed by atoms with van der Waals surface area (Å²) in [6.07, 6.45) is -0.156. The Morgan fingerprint density at radius 3 is 2.45 bits per heavy atom. The van der Waals surface area contributed by atoms with Crippen LogP contribution in [-0.2, 0) is 0 Å². The van der Waals surface area contributed by atoms with E-state index in [-0.39, 0.29) is 11.9 Å². The number of nitrogens with zero attached hydrogens (tertiary/aromatic N) is 2. The van der Waals surface area contributed by atoms with Gasteiger partial charge in [0.1, 0.15) is 5.75 Å². The van der Waals surface area contributed by atoms with E-state index in [1.807, 2.05) is 47.4 Å². The van der Waals surface area contributed by atoms with Crippen LogP contribution in [0.15, 0.2) is 59.7 Å². The second-order valence-corrected chi connectivity index (χ2v) is 4.67. The molecule has 0 fully saturated rings. The number of thiocarbonyl (C=S) groups is 1. The molecule has 2 N–H and O–H groups in total. The normalized spacial score (nSPS) is 17.5. The summed E-state index contributed by atoms with van der Waals surface area (Å²) in [6, 6.07) is 16.9. The lowest BCUT2D eigenvalue weighted by atomic mass is 10.1. The molecule has 0 radical (unpaired) electrons. The monoisotopic (exact) mass is 283 g/mol. The largest absolute Gasteiger partial charge is 0.508 e. The highest BCUT2D eigenvalue weighted by Crippen LogP contribution is 2.23. The van der Waals surface area contributed by atoms with Gasteiger partial charge in [-0.05, 0) is 36.4 Å². The fourth-order valence-electron chi connectivity index (χ4n) is 2.15. The number of rotatable bonds is 3. The number of para-hydroxylation sites is 1. The quantitative estimate of drug-likeness (QED) is 0.850. The Labute approximate surface area is 122 Å². The third kappa shape index (κ3) is 2.23. The number of hydrazone groups is 1. The molecule has 100 valence electrons. The van der Waals surface area contributed by atoms with Crippen molar-refractivity contribution in [3.05, 3.63) is 60.2 Å². The molecular formula is C15H13N3OS. The molecule has 1 atom stereocenters. The molecule has 1 aliphatic rings. The SMILES string of the molecule is Oc1ccc(C2=NNC(C=S)N2c2ccccc2)cc1. The van der Waals surface area contributed by atoms with Gasteiger partial charge in [-0.25, -0.2) is 0 Å². The van der Waals surface area contributed by atoms with Crippen molar-refractivity contribution in [2.24, 2.45) is 5.10 Å². The van der Waals surface area contributed by atoms with E-state index in [0.717, 1.165) is 17.1 Å². The van der Waals surface area contributed by atoms with Gasteiger partial charge in [0, 0.05) is 16.6 Å². The highest BCUT2D eigenvalue weighted by atomic mass is 32.1. The standard InChI is InChI=1S/C15H13N3OS/c19-13-8-6-11(7-9-13)15-17-16-14(10-20)18(15)12-4-2-1-3-5-12/h1-10,14,16,19H. The molecule has 1 heterocycles. The van der Waals surface area contributed by atoms with Gasteiger partial charge in [-0.15, -0.1) is 0 Å². The van der Waals surface area contributed by atoms with Crippen LogP contribution in [0.3, 0.4) is 0 Å². The Hall–Kier alpha value is -2.40. The van der Waals surface area contributed by atoms with E-state index < -0.39 is 0 Å². The predicted molar refractivity (Wildman–Crippen MR) is 84.1 cm³/mol. The molecule has 0 amide bonds. The number of benzene rings is 2. The van der Waals surface area contributed by atoms with Crippen molar-refractivity contribution in [2.45, 2.75) is 6.17 Å². The van der Waals surface area contributed by atoms with E-state index >= 15 is 0 Å². The summed E-state index contributed by atoms with van der Waals surface area (Å²) in [7, 11) is 0. The molecule has 0 saturated heterocycles. The Kier molecular flexibility index (Phi) is 3.35. The Bertz CT molecular complexity index is 640. The first-order chi connectivity index (χ1) is 9.79. The van der Waals surface area contributed by atoms with Gasteiger partial charge in [-0.3, -0.25) is 10.3 Å². The van der Waals surface area contributed by atoms with Crippen LogP contribution in [0.4, 0.5) is 5.69 Å². The van der Waals surface area contributed by atoms with Crippen molar-refractivity contribution >= 4 is 29.1 Å². The highest BCUT2D eigenvalue weighted by molar-refractivity contribution is 7.79. The molecule has 0 bridgehead atoms. The molecule has 3 rings (SSSR count). The van der Waals surface area contributed by atoms with Crippen molar-refractivity contribution in [3.63, 3.8) is 0 Å². The van der Waals surface area contributed by atoms with Crippen LogP contribution >= 0.6 is 12.2 Å². The fourth-order valence-corrected chi connectivity index (χ4v) is 2.33. The van der Waals surface area contributed by atoms with E-state index in [4.69, 9.17) is 12.2 Å². The third-order valence-electron chi connectivity index (χ3n) is 3.10. The zero-order chi connectivity index (χ0) is 13.9. The number of aromatic hydroxyl groups is 1. The van der Waals surface area contributed by atoms with Gasteiger partial charge < -0.3 is 5.11 Å². The summed E-state index contributed by atoms with van der Waals surface area (Å²) in [5.74, 6) is 1.01. The zero-order valence-electron chi connectivity index (χ0n) is 10.6. The van der Waals surface area contributed by atoms with E-state index in [1.165, 1.54) is 0 Å². The minimum absolute atomic E-state index is 0.156. The minimum atomic E-state index is -0.156. The first kappa shape index (κ1) is 12.6. The van der Waals surface area contributed by atoms with Gasteiger partial charge in [0.15, 0.2) is 12.0 Å². The number of phenolic OH excluding ortho intramolecular Hbond substituents is 1. The maximum Gasteiger partial charge on any atom is 0.162 e. The van der Waals surface area contributed by atoms with Crippen molar-refractivity contribution in [2.75, 3.05) is 4.90 Å². The van der Waals surface area contributed by atoms with Crippen LogP contribution in [0, 0.1) is 0 Å². The van der Waals surface area contributed by atoms with Gasteiger partial charge in [-0.1, -0.05) is 30.4 Å². The van der Waals surface area contributed by atoms with Gasteiger partial charge in [0.2, 0.25) is 0 Å². The Morgan fingerprint density at radius 2 is 1.80 bits per heavy atom. The summed E-state index contributed by atoms with van der Waals surface area (Å²) in [4.78, 5) is 2.03. The zero-order valence-corrected chi connectivity index (χ0v) is 11.4. The Balaban J connectivity index is 2.01. The van der Waals surface area contributed by atoms with Crippen molar-refractivity contribution in [1.82, 2.24) is 5.43 Å². The molecule has 20 heavy (non-hydrogen) atoms. The molecular weight excluding hydrogens is 270 g/mol. The van der Waals surface area contributed by atoms with E-state index in [1.54, 1.807) is 17.5 Å². The van der Waals surface area contributed by atoms with E-state index in [9.17, 15) is 5.11 Å². The number of hydrogen-bond acceptors (Lipinski definition) is 5. The molecule has 1 unspecified atom stereocenters.